The van der Waals surface area contributed by atoms with Crippen LogP contribution in [0.2, 0.25) is 0 Å². The summed E-state index contributed by atoms with van der Waals surface area (Å²) in [5.41, 5.74) is 0.220. The Hall–Kier alpha value is -0.120. The second kappa shape index (κ2) is 8.97. The fourth-order valence-corrected chi connectivity index (χ4v) is 1.83. The highest BCUT2D eigenvalue weighted by Gasteiger charge is 2.16. The molecule has 0 aliphatic rings. The van der Waals surface area contributed by atoms with Crippen LogP contribution in [0.15, 0.2) is 0 Å². The van der Waals surface area contributed by atoms with Crippen molar-refractivity contribution < 1.29 is 9.47 Å². The van der Waals surface area contributed by atoms with Gasteiger partial charge in [0.1, 0.15) is 0 Å². The third-order valence-electron chi connectivity index (χ3n) is 2.56. The van der Waals surface area contributed by atoms with E-state index in [4.69, 9.17) is 9.47 Å². The largest absolute Gasteiger partial charge is 0.353 e. The molecule has 0 heterocycles. The van der Waals surface area contributed by atoms with E-state index in [0.29, 0.717) is 13.2 Å². The molecule has 0 aromatic heterocycles. The van der Waals surface area contributed by atoms with Crippen molar-refractivity contribution in [1.82, 2.24) is 5.32 Å². The molecule has 98 valence electrons. The Morgan fingerprint density at radius 3 is 2.06 bits per heavy atom. The van der Waals surface area contributed by atoms with Crippen molar-refractivity contribution in [2.24, 2.45) is 0 Å². The van der Waals surface area contributed by atoms with Crippen molar-refractivity contribution in [2.45, 2.75) is 65.7 Å². The van der Waals surface area contributed by atoms with Crippen LogP contribution in [0.3, 0.4) is 0 Å². The van der Waals surface area contributed by atoms with E-state index in [9.17, 15) is 0 Å². The first-order valence-corrected chi connectivity index (χ1v) is 6.54. The van der Waals surface area contributed by atoms with Gasteiger partial charge in [-0.1, -0.05) is 13.3 Å². The van der Waals surface area contributed by atoms with Crippen LogP contribution < -0.4 is 5.32 Å². The van der Waals surface area contributed by atoms with Crippen molar-refractivity contribution in [1.29, 1.82) is 0 Å². The van der Waals surface area contributed by atoms with E-state index in [0.717, 1.165) is 13.0 Å². The lowest BCUT2D eigenvalue weighted by Crippen LogP contribution is -2.40. The Balaban J connectivity index is 3.75. The van der Waals surface area contributed by atoms with Crippen LogP contribution >= 0.6 is 0 Å². The second-order valence-corrected chi connectivity index (χ2v) is 4.69. The average Bonchev–Trinajstić information content (AvgIpc) is 2.18. The first-order chi connectivity index (χ1) is 7.55. The molecule has 0 amide bonds. The zero-order chi connectivity index (χ0) is 12.4. The minimum Gasteiger partial charge on any atom is -0.353 e. The van der Waals surface area contributed by atoms with Crippen LogP contribution in [-0.4, -0.2) is 31.6 Å². The van der Waals surface area contributed by atoms with Gasteiger partial charge in [0.15, 0.2) is 6.29 Å². The molecule has 0 unspecified atom stereocenters. The van der Waals surface area contributed by atoms with Crippen molar-refractivity contribution in [3.8, 4) is 0 Å². The molecule has 3 nitrogen and oxygen atoms in total. The maximum absolute atomic E-state index is 5.49. The van der Waals surface area contributed by atoms with E-state index >= 15 is 0 Å². The first kappa shape index (κ1) is 15.9. The minimum atomic E-state index is -0.0556. The van der Waals surface area contributed by atoms with E-state index in [1.54, 1.807) is 0 Å². The Labute approximate surface area is 101 Å². The molecule has 0 bridgehead atoms. The molecule has 0 fully saturated rings. The van der Waals surface area contributed by atoms with Crippen LogP contribution in [-0.2, 0) is 9.47 Å². The van der Waals surface area contributed by atoms with Gasteiger partial charge in [-0.25, -0.2) is 0 Å². The lowest BCUT2D eigenvalue weighted by Gasteiger charge is -2.27. The van der Waals surface area contributed by atoms with Crippen LogP contribution in [0.4, 0.5) is 0 Å². The summed E-state index contributed by atoms with van der Waals surface area (Å²) in [5, 5.41) is 3.55. The molecular formula is C13H29NO2. The summed E-state index contributed by atoms with van der Waals surface area (Å²) < 4.78 is 11.0. The fourth-order valence-electron chi connectivity index (χ4n) is 1.83. The molecule has 0 spiro atoms. The van der Waals surface area contributed by atoms with Crippen LogP contribution in [0, 0.1) is 0 Å². The van der Waals surface area contributed by atoms with E-state index in [1.165, 1.54) is 12.8 Å². The third-order valence-corrected chi connectivity index (χ3v) is 2.56. The molecule has 3 heteroatoms. The van der Waals surface area contributed by atoms with E-state index in [-0.39, 0.29) is 11.8 Å². The molecule has 0 aliphatic carbocycles. The SMILES string of the molecule is CCCC(C)(C)NCCC(OCC)OCC. The smallest absolute Gasteiger partial charge is 0.158 e. The second-order valence-electron chi connectivity index (χ2n) is 4.69. The zero-order valence-electron chi connectivity index (χ0n) is 11.6. The van der Waals surface area contributed by atoms with Gasteiger partial charge in [0.2, 0.25) is 0 Å². The molecule has 0 atom stereocenters. The molecule has 0 radical (unpaired) electrons. The Bertz CT molecular complexity index is 154. The standard InChI is InChI=1S/C13H29NO2/c1-6-10-13(4,5)14-11-9-12(15-7-2)16-8-3/h12,14H,6-11H2,1-5H3. The molecule has 16 heavy (non-hydrogen) atoms. The Morgan fingerprint density at radius 1 is 1.06 bits per heavy atom. The number of nitrogens with one attached hydrogen (secondary N) is 1. The third kappa shape index (κ3) is 8.08. The molecule has 1 N–H and O–H groups in total. The number of ether oxygens (including phenoxy) is 2. The van der Waals surface area contributed by atoms with E-state index in [1.807, 2.05) is 13.8 Å². The normalized spacial score (nSPS) is 12.4. The monoisotopic (exact) mass is 231 g/mol. The summed E-state index contributed by atoms with van der Waals surface area (Å²) in [4.78, 5) is 0. The highest BCUT2D eigenvalue weighted by molar-refractivity contribution is 4.76. The summed E-state index contributed by atoms with van der Waals surface area (Å²) in [5.74, 6) is 0. The lowest BCUT2D eigenvalue weighted by molar-refractivity contribution is -0.139. The zero-order valence-corrected chi connectivity index (χ0v) is 11.6. The number of hydrogen-bond acceptors (Lipinski definition) is 3. The summed E-state index contributed by atoms with van der Waals surface area (Å²) in [6, 6.07) is 0. The lowest BCUT2D eigenvalue weighted by atomic mass is 9.99. The van der Waals surface area contributed by atoms with Gasteiger partial charge in [-0.15, -0.1) is 0 Å². The predicted octanol–water partition coefficient (Wildman–Crippen LogP) is 2.94. The van der Waals surface area contributed by atoms with Crippen molar-refractivity contribution in [2.75, 3.05) is 19.8 Å². The topological polar surface area (TPSA) is 30.5 Å². The van der Waals surface area contributed by atoms with Gasteiger partial charge >= 0.3 is 0 Å². The molecule has 0 saturated heterocycles. The fraction of sp³-hybridized carbons (Fsp3) is 1.00. The van der Waals surface area contributed by atoms with Gasteiger partial charge < -0.3 is 14.8 Å². The highest BCUT2D eigenvalue weighted by atomic mass is 16.7. The maximum Gasteiger partial charge on any atom is 0.158 e. The molecular weight excluding hydrogens is 202 g/mol. The summed E-state index contributed by atoms with van der Waals surface area (Å²) in [6.07, 6.45) is 3.26. The maximum atomic E-state index is 5.49. The van der Waals surface area contributed by atoms with Gasteiger partial charge in [0.05, 0.1) is 0 Å². The van der Waals surface area contributed by atoms with Crippen molar-refractivity contribution in [3.63, 3.8) is 0 Å². The number of rotatable bonds is 10. The summed E-state index contributed by atoms with van der Waals surface area (Å²) in [7, 11) is 0. The predicted molar refractivity (Wildman–Crippen MR) is 68.6 cm³/mol. The van der Waals surface area contributed by atoms with Gasteiger partial charge in [0, 0.05) is 31.7 Å². The van der Waals surface area contributed by atoms with Gasteiger partial charge in [0.25, 0.3) is 0 Å². The highest BCUT2D eigenvalue weighted by Crippen LogP contribution is 2.11. The number of hydrogen-bond donors (Lipinski definition) is 1. The van der Waals surface area contributed by atoms with Crippen molar-refractivity contribution in [3.05, 3.63) is 0 Å². The summed E-state index contributed by atoms with van der Waals surface area (Å²) >= 11 is 0. The minimum absolute atomic E-state index is 0.0556. The quantitative estimate of drug-likeness (QED) is 0.586. The molecule has 0 rings (SSSR count). The van der Waals surface area contributed by atoms with Crippen molar-refractivity contribution >= 4 is 0 Å². The molecule has 0 aliphatic heterocycles. The summed E-state index contributed by atoms with van der Waals surface area (Å²) in [6.45, 7) is 13.1. The van der Waals surface area contributed by atoms with E-state index in [2.05, 4.69) is 26.1 Å². The Morgan fingerprint density at radius 2 is 1.62 bits per heavy atom. The van der Waals surface area contributed by atoms with Gasteiger partial charge in [-0.05, 0) is 34.1 Å². The van der Waals surface area contributed by atoms with Gasteiger partial charge in [-0.3, -0.25) is 0 Å². The van der Waals surface area contributed by atoms with Gasteiger partial charge in [-0.2, -0.15) is 0 Å². The molecule has 0 aromatic rings. The van der Waals surface area contributed by atoms with E-state index < -0.39 is 0 Å². The first-order valence-electron chi connectivity index (χ1n) is 6.54. The van der Waals surface area contributed by atoms with Crippen LogP contribution in [0.1, 0.15) is 53.9 Å². The molecule has 0 aromatic carbocycles. The molecule has 0 saturated carbocycles. The average molecular weight is 231 g/mol. The van der Waals surface area contributed by atoms with Crippen LogP contribution in [0.5, 0.6) is 0 Å². The Kier molecular flexibility index (Phi) is 8.90. The van der Waals surface area contributed by atoms with Crippen LogP contribution in [0.25, 0.3) is 0 Å².